The van der Waals surface area contributed by atoms with Crippen LogP contribution < -0.4 is 5.32 Å². The minimum Gasteiger partial charge on any atom is -0.435 e. The van der Waals surface area contributed by atoms with Crippen molar-refractivity contribution >= 4 is 64.9 Å². The molecule has 186 valence electrons. The average Bonchev–Trinajstić information content (AvgIpc) is 3.52. The van der Waals surface area contributed by atoms with Gasteiger partial charge in [0.1, 0.15) is 0 Å². The molecule has 1 fully saturated rings. The van der Waals surface area contributed by atoms with E-state index in [9.17, 15) is 0 Å². The number of hydrogen-bond acceptors (Lipinski definition) is 6. The second kappa shape index (κ2) is 12.7. The molecule has 0 saturated carbocycles. The maximum Gasteiger partial charge on any atom is 0.249 e. The molecule has 0 spiro atoms. The Morgan fingerprint density at radius 2 is 1.60 bits per heavy atom. The highest BCUT2D eigenvalue weighted by Gasteiger charge is 2.18. The Morgan fingerprint density at radius 3 is 2.31 bits per heavy atom. The maximum absolute atomic E-state index is 6.22. The number of anilines is 1. The zero-order chi connectivity index (χ0) is 22.6. The number of benzene rings is 2. The number of halogens is 4. The van der Waals surface area contributed by atoms with Crippen LogP contribution in [0.1, 0.15) is 25.7 Å². The fraction of sp³-hybridized carbons (Fsp3) is 0.320. The fourth-order valence-corrected chi connectivity index (χ4v) is 4.43. The molecule has 0 atom stereocenters. The topological polar surface area (TPSA) is 67.1 Å². The van der Waals surface area contributed by atoms with E-state index in [2.05, 4.69) is 15.2 Å². The molecular weight excluding hydrogens is 528 g/mol. The molecule has 0 aliphatic carbocycles. The van der Waals surface area contributed by atoms with E-state index < -0.39 is 0 Å². The van der Waals surface area contributed by atoms with E-state index in [1.165, 1.54) is 25.9 Å². The van der Waals surface area contributed by atoms with Gasteiger partial charge in [-0.25, -0.2) is 15.0 Å². The smallest absolute Gasteiger partial charge is 0.249 e. The summed E-state index contributed by atoms with van der Waals surface area (Å²) in [4.78, 5) is 16.6. The van der Waals surface area contributed by atoms with Gasteiger partial charge in [0.2, 0.25) is 5.89 Å². The average molecular weight is 555 g/mol. The van der Waals surface area contributed by atoms with E-state index >= 15 is 0 Å². The number of hydrogen-bond donors (Lipinski definition) is 1. The van der Waals surface area contributed by atoms with Crippen LogP contribution in [0.5, 0.6) is 0 Å². The van der Waals surface area contributed by atoms with Gasteiger partial charge >= 0.3 is 0 Å². The Labute approximate surface area is 227 Å². The number of fused-ring (bicyclic) bond motifs is 1. The van der Waals surface area contributed by atoms with Crippen LogP contribution in [0, 0.1) is 0 Å². The van der Waals surface area contributed by atoms with E-state index in [0.29, 0.717) is 44.2 Å². The van der Waals surface area contributed by atoms with Crippen molar-refractivity contribution in [2.75, 3.05) is 31.5 Å². The molecule has 1 aliphatic rings. The third-order valence-corrected chi connectivity index (χ3v) is 6.59. The van der Waals surface area contributed by atoms with Gasteiger partial charge in [-0.2, -0.15) is 0 Å². The van der Waals surface area contributed by atoms with Gasteiger partial charge in [0, 0.05) is 12.1 Å². The molecule has 6 nitrogen and oxygen atoms in total. The van der Waals surface area contributed by atoms with E-state index in [-0.39, 0.29) is 24.8 Å². The summed E-state index contributed by atoms with van der Waals surface area (Å²) in [5.41, 5.74) is 2.82. The number of nitrogens with zero attached hydrogens (tertiary/aromatic N) is 4. The number of rotatable bonds is 8. The van der Waals surface area contributed by atoms with E-state index in [1.807, 2.05) is 30.3 Å². The summed E-state index contributed by atoms with van der Waals surface area (Å²) < 4.78 is 6.07. The SMILES string of the molecule is Cl.Cl.Clc1cc2nc(NCCCCN3CCCC3)c(-c3ncc(-c4ccccc4)o3)nc2cc1Cl. The van der Waals surface area contributed by atoms with Crippen molar-refractivity contribution in [1.29, 1.82) is 0 Å². The first-order chi connectivity index (χ1) is 16.2. The van der Waals surface area contributed by atoms with Crippen molar-refractivity contribution in [3.63, 3.8) is 0 Å². The van der Waals surface area contributed by atoms with Crippen molar-refractivity contribution in [1.82, 2.24) is 19.9 Å². The van der Waals surface area contributed by atoms with Crippen molar-refractivity contribution in [2.24, 2.45) is 0 Å². The Balaban J connectivity index is 0.00000171. The second-order valence-electron chi connectivity index (χ2n) is 8.25. The van der Waals surface area contributed by atoms with Gasteiger partial charge in [0.15, 0.2) is 17.3 Å². The van der Waals surface area contributed by atoms with Crippen LogP contribution in [0.4, 0.5) is 5.82 Å². The van der Waals surface area contributed by atoms with E-state index in [0.717, 1.165) is 31.5 Å². The molecule has 1 saturated heterocycles. The molecule has 35 heavy (non-hydrogen) atoms. The zero-order valence-corrected chi connectivity index (χ0v) is 22.2. The molecule has 10 heteroatoms. The van der Waals surface area contributed by atoms with Gasteiger partial charge in [-0.3, -0.25) is 0 Å². The van der Waals surface area contributed by atoms with Gasteiger partial charge in [0.25, 0.3) is 0 Å². The summed E-state index contributed by atoms with van der Waals surface area (Å²) in [6.07, 6.45) is 6.54. The summed E-state index contributed by atoms with van der Waals surface area (Å²) in [6, 6.07) is 13.3. The fourth-order valence-electron chi connectivity index (χ4n) is 4.12. The lowest BCUT2D eigenvalue weighted by Crippen LogP contribution is -2.21. The van der Waals surface area contributed by atoms with Gasteiger partial charge in [-0.05, 0) is 57.5 Å². The number of aromatic nitrogens is 3. The Morgan fingerprint density at radius 1 is 0.914 bits per heavy atom. The van der Waals surface area contributed by atoms with Crippen LogP contribution >= 0.6 is 48.0 Å². The number of unbranched alkanes of at least 4 members (excludes halogenated alkanes) is 1. The molecule has 0 amide bonds. The van der Waals surface area contributed by atoms with Crippen LogP contribution in [0.2, 0.25) is 10.0 Å². The Bertz CT molecular complexity index is 1250. The van der Waals surface area contributed by atoms with E-state index in [1.54, 1.807) is 18.3 Å². The maximum atomic E-state index is 6.22. The standard InChI is InChI=1S/C25H25Cl2N5O.2ClH/c26-18-14-20-21(15-19(18)27)31-24(28-10-4-5-11-32-12-6-7-13-32)23(30-20)25-29-16-22(33-25)17-8-2-1-3-9-17;;/h1-3,8-9,14-16H,4-7,10-13H2,(H,28,31);2*1H. The van der Waals surface area contributed by atoms with E-state index in [4.69, 9.17) is 37.6 Å². The van der Waals surface area contributed by atoms with Gasteiger partial charge < -0.3 is 14.6 Å². The van der Waals surface area contributed by atoms with Crippen molar-refractivity contribution in [2.45, 2.75) is 25.7 Å². The predicted octanol–water partition coefficient (Wildman–Crippen LogP) is 7.39. The molecule has 1 aliphatic heterocycles. The highest BCUT2D eigenvalue weighted by molar-refractivity contribution is 6.42. The normalized spacial score (nSPS) is 13.4. The molecule has 3 heterocycles. The third-order valence-electron chi connectivity index (χ3n) is 5.87. The summed E-state index contributed by atoms with van der Waals surface area (Å²) in [6.45, 7) is 4.39. The lowest BCUT2D eigenvalue weighted by atomic mass is 10.2. The third kappa shape index (κ3) is 6.57. The molecule has 0 radical (unpaired) electrons. The number of likely N-dealkylation sites (tertiary alicyclic amines) is 1. The largest absolute Gasteiger partial charge is 0.435 e. The molecule has 4 aromatic rings. The van der Waals surface area contributed by atoms with Gasteiger partial charge in [-0.15, -0.1) is 24.8 Å². The molecule has 0 unspecified atom stereocenters. The van der Waals surface area contributed by atoms with Crippen molar-refractivity contribution < 1.29 is 4.42 Å². The van der Waals surface area contributed by atoms with Gasteiger partial charge in [-0.1, -0.05) is 53.5 Å². The number of nitrogens with one attached hydrogen (secondary N) is 1. The first-order valence-corrected chi connectivity index (χ1v) is 12.1. The Hall–Kier alpha value is -2.09. The first-order valence-electron chi connectivity index (χ1n) is 11.3. The van der Waals surface area contributed by atoms with Crippen LogP contribution in [0.25, 0.3) is 33.9 Å². The minimum absolute atomic E-state index is 0. The molecule has 2 aromatic heterocycles. The molecule has 0 bridgehead atoms. The monoisotopic (exact) mass is 553 g/mol. The van der Waals surface area contributed by atoms with Crippen LogP contribution in [-0.4, -0.2) is 46.0 Å². The Kier molecular flexibility index (Phi) is 10.0. The molecule has 5 rings (SSSR count). The quantitative estimate of drug-likeness (QED) is 0.229. The van der Waals surface area contributed by atoms with Crippen LogP contribution in [0.3, 0.4) is 0 Å². The second-order valence-corrected chi connectivity index (χ2v) is 9.07. The summed E-state index contributed by atoms with van der Waals surface area (Å²) in [7, 11) is 0. The van der Waals surface area contributed by atoms with Crippen molar-refractivity contribution in [3.05, 3.63) is 58.7 Å². The molecule has 1 N–H and O–H groups in total. The minimum atomic E-state index is 0. The van der Waals surface area contributed by atoms with Gasteiger partial charge in [0.05, 0.1) is 27.3 Å². The zero-order valence-electron chi connectivity index (χ0n) is 19.0. The summed E-state index contributed by atoms with van der Waals surface area (Å²) >= 11 is 12.4. The highest BCUT2D eigenvalue weighted by Crippen LogP contribution is 2.32. The van der Waals surface area contributed by atoms with Crippen LogP contribution in [0.15, 0.2) is 53.1 Å². The van der Waals surface area contributed by atoms with Crippen molar-refractivity contribution in [3.8, 4) is 22.9 Å². The van der Waals surface area contributed by atoms with Crippen LogP contribution in [-0.2, 0) is 0 Å². The summed E-state index contributed by atoms with van der Waals surface area (Å²) in [5.74, 6) is 1.72. The first kappa shape index (κ1) is 27.5. The summed E-state index contributed by atoms with van der Waals surface area (Å²) in [5, 5.41) is 4.33. The molecule has 2 aromatic carbocycles. The lowest BCUT2D eigenvalue weighted by molar-refractivity contribution is 0.331. The number of oxazole rings is 1. The highest BCUT2D eigenvalue weighted by atomic mass is 35.5. The molecular formula is C25H27Cl4N5O. The predicted molar refractivity (Wildman–Crippen MR) is 148 cm³/mol. The lowest BCUT2D eigenvalue weighted by Gasteiger charge is -2.14.